The highest BCUT2D eigenvalue weighted by Crippen LogP contribution is 2.35. The predicted octanol–water partition coefficient (Wildman–Crippen LogP) is 3.53. The summed E-state index contributed by atoms with van der Waals surface area (Å²) in [4.78, 5) is 40.6. The van der Waals surface area contributed by atoms with E-state index >= 15 is 0 Å². The van der Waals surface area contributed by atoms with Crippen LogP contribution in [0.15, 0.2) is 23.1 Å². The van der Waals surface area contributed by atoms with Crippen molar-refractivity contribution in [1.29, 1.82) is 0 Å². The number of likely N-dealkylation sites (tertiary alicyclic amines) is 1. The van der Waals surface area contributed by atoms with E-state index in [0.29, 0.717) is 43.4 Å². The van der Waals surface area contributed by atoms with Crippen LogP contribution in [0.2, 0.25) is 0 Å². The fourth-order valence-electron chi connectivity index (χ4n) is 3.33. The Morgan fingerprint density at radius 1 is 1.10 bits per heavy atom. The van der Waals surface area contributed by atoms with Crippen molar-refractivity contribution >= 4 is 34.9 Å². The standard InChI is InChI=1S/C21H26N2O5S/c1-3-27-16-9-8-15(17(13-16)28-4-2)12-18-20(25)23(21(26)29-18)14-19(24)22-10-6-5-7-11-22/h8-9,12-13H,3-7,10-11,14H2,1-2H3. The first-order valence-corrected chi connectivity index (χ1v) is 10.8. The van der Waals surface area contributed by atoms with Gasteiger partial charge in [-0.2, -0.15) is 0 Å². The Hall–Kier alpha value is -2.48. The normalized spacial score (nSPS) is 18.5. The molecule has 156 valence electrons. The maximum absolute atomic E-state index is 12.8. The zero-order valence-electron chi connectivity index (χ0n) is 16.8. The molecule has 0 radical (unpaired) electrons. The maximum Gasteiger partial charge on any atom is 0.294 e. The molecule has 2 aliphatic heterocycles. The number of thioether (sulfide) groups is 1. The maximum atomic E-state index is 12.8. The molecule has 2 fully saturated rings. The fourth-order valence-corrected chi connectivity index (χ4v) is 4.16. The molecule has 7 nitrogen and oxygen atoms in total. The van der Waals surface area contributed by atoms with Gasteiger partial charge in [0.25, 0.3) is 11.1 Å². The molecule has 0 saturated carbocycles. The predicted molar refractivity (Wildman–Crippen MR) is 112 cm³/mol. The van der Waals surface area contributed by atoms with Crippen molar-refractivity contribution in [3.05, 3.63) is 28.7 Å². The monoisotopic (exact) mass is 418 g/mol. The molecule has 2 heterocycles. The molecular formula is C21H26N2O5S. The van der Waals surface area contributed by atoms with Crippen molar-refractivity contribution in [2.75, 3.05) is 32.8 Å². The second kappa shape index (κ2) is 9.82. The zero-order valence-corrected chi connectivity index (χ0v) is 17.6. The van der Waals surface area contributed by atoms with Crippen molar-refractivity contribution in [2.45, 2.75) is 33.1 Å². The van der Waals surface area contributed by atoms with Crippen LogP contribution in [0.25, 0.3) is 6.08 Å². The van der Waals surface area contributed by atoms with Crippen molar-refractivity contribution in [1.82, 2.24) is 9.80 Å². The van der Waals surface area contributed by atoms with Crippen LogP contribution in [0.3, 0.4) is 0 Å². The van der Waals surface area contributed by atoms with Crippen molar-refractivity contribution in [3.63, 3.8) is 0 Å². The summed E-state index contributed by atoms with van der Waals surface area (Å²) in [6.45, 7) is 5.94. The number of carbonyl (C=O) groups excluding carboxylic acids is 3. The average molecular weight is 419 g/mol. The number of carbonyl (C=O) groups is 3. The van der Waals surface area contributed by atoms with Gasteiger partial charge in [-0.15, -0.1) is 0 Å². The summed E-state index contributed by atoms with van der Waals surface area (Å²) < 4.78 is 11.2. The second-order valence-corrected chi connectivity index (χ2v) is 7.77. The molecule has 0 atom stereocenters. The highest BCUT2D eigenvalue weighted by molar-refractivity contribution is 8.18. The topological polar surface area (TPSA) is 76.2 Å². The number of amides is 3. The van der Waals surface area contributed by atoms with Crippen LogP contribution >= 0.6 is 11.8 Å². The van der Waals surface area contributed by atoms with E-state index < -0.39 is 11.1 Å². The molecular weight excluding hydrogens is 392 g/mol. The number of hydrogen-bond donors (Lipinski definition) is 0. The first kappa shape index (κ1) is 21.2. The fraction of sp³-hybridized carbons (Fsp3) is 0.476. The Morgan fingerprint density at radius 2 is 1.83 bits per heavy atom. The SMILES string of the molecule is CCOc1ccc(C=C2SC(=O)N(CC(=O)N3CCCCC3)C2=O)c(OCC)c1. The quantitative estimate of drug-likeness (QED) is 0.631. The van der Waals surface area contributed by atoms with E-state index in [4.69, 9.17) is 9.47 Å². The molecule has 0 unspecified atom stereocenters. The molecule has 2 aliphatic rings. The minimum absolute atomic E-state index is 0.177. The number of benzene rings is 1. The zero-order chi connectivity index (χ0) is 20.8. The Morgan fingerprint density at radius 3 is 2.52 bits per heavy atom. The Kier molecular flexibility index (Phi) is 7.19. The molecule has 3 rings (SSSR count). The third-order valence-corrected chi connectivity index (χ3v) is 5.67. The van der Waals surface area contributed by atoms with Crippen LogP contribution < -0.4 is 9.47 Å². The van der Waals surface area contributed by atoms with Crippen molar-refractivity contribution in [3.8, 4) is 11.5 Å². The summed E-state index contributed by atoms with van der Waals surface area (Å²) in [7, 11) is 0. The van der Waals surface area contributed by atoms with Gasteiger partial charge >= 0.3 is 0 Å². The van der Waals surface area contributed by atoms with Crippen LogP contribution in [0.4, 0.5) is 4.79 Å². The Balaban J connectivity index is 1.76. The Bertz CT molecular complexity index is 817. The van der Waals surface area contributed by atoms with Crippen LogP contribution in [0.5, 0.6) is 11.5 Å². The summed E-state index contributed by atoms with van der Waals surface area (Å²) in [6, 6.07) is 5.35. The van der Waals surface area contributed by atoms with Gasteiger partial charge in [-0.3, -0.25) is 19.3 Å². The third-order valence-electron chi connectivity index (χ3n) is 4.76. The van der Waals surface area contributed by atoms with Crippen LogP contribution in [-0.2, 0) is 9.59 Å². The van der Waals surface area contributed by atoms with Gasteiger partial charge in [0.05, 0.1) is 18.1 Å². The summed E-state index contributed by atoms with van der Waals surface area (Å²) in [6.07, 6.45) is 4.67. The van der Waals surface area contributed by atoms with Crippen molar-refractivity contribution in [2.24, 2.45) is 0 Å². The lowest BCUT2D eigenvalue weighted by atomic mass is 10.1. The van der Waals surface area contributed by atoms with E-state index in [1.165, 1.54) is 0 Å². The van der Waals surface area contributed by atoms with Gasteiger partial charge in [0.2, 0.25) is 5.91 Å². The first-order valence-electron chi connectivity index (χ1n) is 9.96. The number of hydrogen-bond acceptors (Lipinski definition) is 6. The number of ether oxygens (including phenoxy) is 2. The minimum Gasteiger partial charge on any atom is -0.494 e. The highest BCUT2D eigenvalue weighted by Gasteiger charge is 2.37. The van der Waals surface area contributed by atoms with Gasteiger partial charge in [0.1, 0.15) is 18.0 Å². The van der Waals surface area contributed by atoms with Crippen LogP contribution in [-0.4, -0.2) is 59.7 Å². The molecule has 0 bridgehead atoms. The Labute approximate surface area is 175 Å². The molecule has 29 heavy (non-hydrogen) atoms. The minimum atomic E-state index is -0.443. The van der Waals surface area contributed by atoms with Crippen LogP contribution in [0.1, 0.15) is 38.7 Å². The highest BCUT2D eigenvalue weighted by atomic mass is 32.2. The summed E-state index contributed by atoms with van der Waals surface area (Å²) in [5.74, 6) is 0.633. The lowest BCUT2D eigenvalue weighted by Gasteiger charge is -2.27. The summed E-state index contributed by atoms with van der Waals surface area (Å²) >= 11 is 0.848. The molecule has 0 aliphatic carbocycles. The van der Waals surface area contributed by atoms with E-state index in [-0.39, 0.29) is 17.4 Å². The van der Waals surface area contributed by atoms with Gasteiger partial charge < -0.3 is 14.4 Å². The molecule has 0 N–H and O–H groups in total. The second-order valence-electron chi connectivity index (χ2n) is 6.77. The average Bonchev–Trinajstić information content (AvgIpc) is 2.98. The van der Waals surface area contributed by atoms with Gasteiger partial charge in [-0.25, -0.2) is 0 Å². The number of rotatable bonds is 7. The lowest BCUT2D eigenvalue weighted by molar-refractivity contribution is -0.136. The molecule has 1 aromatic carbocycles. The van der Waals surface area contributed by atoms with Gasteiger partial charge in [-0.1, -0.05) is 0 Å². The smallest absolute Gasteiger partial charge is 0.294 e. The van der Waals surface area contributed by atoms with Gasteiger partial charge in [0, 0.05) is 24.7 Å². The number of imide groups is 1. The third kappa shape index (κ3) is 5.12. The van der Waals surface area contributed by atoms with E-state index in [1.54, 1.807) is 29.2 Å². The molecule has 2 saturated heterocycles. The molecule has 0 spiro atoms. The first-order chi connectivity index (χ1) is 14.0. The van der Waals surface area contributed by atoms with E-state index in [0.717, 1.165) is 35.9 Å². The molecule has 0 aromatic heterocycles. The van der Waals surface area contributed by atoms with Gasteiger partial charge in [0.15, 0.2) is 0 Å². The number of nitrogens with zero attached hydrogens (tertiary/aromatic N) is 2. The van der Waals surface area contributed by atoms with Gasteiger partial charge in [-0.05, 0) is 63.1 Å². The van der Waals surface area contributed by atoms with E-state index in [2.05, 4.69) is 0 Å². The van der Waals surface area contributed by atoms with E-state index in [1.807, 2.05) is 13.8 Å². The van der Waals surface area contributed by atoms with Crippen molar-refractivity contribution < 1.29 is 23.9 Å². The van der Waals surface area contributed by atoms with E-state index in [9.17, 15) is 14.4 Å². The molecule has 1 aromatic rings. The number of piperidine rings is 1. The largest absolute Gasteiger partial charge is 0.494 e. The molecule has 3 amide bonds. The summed E-state index contributed by atoms with van der Waals surface area (Å²) in [5.41, 5.74) is 0.683. The summed E-state index contributed by atoms with van der Waals surface area (Å²) in [5, 5.41) is -0.421. The lowest BCUT2D eigenvalue weighted by Crippen LogP contribution is -2.44. The van der Waals surface area contributed by atoms with Crippen LogP contribution in [0, 0.1) is 0 Å². The molecule has 8 heteroatoms.